The van der Waals surface area contributed by atoms with E-state index in [0.717, 1.165) is 16.9 Å². The maximum atomic E-state index is 11.8. The normalized spacial score (nSPS) is 15.2. The number of rotatable bonds is 4. The molecule has 1 fully saturated rings. The van der Waals surface area contributed by atoms with Crippen LogP contribution < -0.4 is 5.73 Å². The summed E-state index contributed by atoms with van der Waals surface area (Å²) in [6.07, 6.45) is 2.86. The Morgan fingerprint density at radius 1 is 1.50 bits per heavy atom. The number of carbonyl (C=O) groups excluding carboxylic acids is 1. The van der Waals surface area contributed by atoms with Gasteiger partial charge in [-0.25, -0.2) is 4.98 Å². The van der Waals surface area contributed by atoms with Crippen molar-refractivity contribution in [3.05, 3.63) is 29.6 Å². The molecule has 1 aliphatic rings. The highest BCUT2D eigenvalue weighted by atomic mass is 16.1. The molecule has 0 saturated heterocycles. The van der Waals surface area contributed by atoms with Crippen molar-refractivity contribution in [1.82, 2.24) is 9.55 Å². The van der Waals surface area contributed by atoms with Crippen LogP contribution in [-0.2, 0) is 7.05 Å². The first-order valence-corrected chi connectivity index (χ1v) is 6.40. The second kappa shape index (κ2) is 4.21. The molecular formula is C14H17N3O. The summed E-state index contributed by atoms with van der Waals surface area (Å²) in [7, 11) is 2.05. The molecule has 4 heteroatoms. The Morgan fingerprint density at radius 2 is 2.28 bits per heavy atom. The van der Waals surface area contributed by atoms with E-state index in [1.807, 2.05) is 25.2 Å². The number of hydrogen-bond donors (Lipinski definition) is 1. The molecule has 2 aromatic rings. The van der Waals surface area contributed by atoms with Crippen molar-refractivity contribution < 1.29 is 4.79 Å². The van der Waals surface area contributed by atoms with Gasteiger partial charge in [0.25, 0.3) is 0 Å². The van der Waals surface area contributed by atoms with Crippen LogP contribution >= 0.6 is 0 Å². The largest absolute Gasteiger partial charge is 0.331 e. The fourth-order valence-corrected chi connectivity index (χ4v) is 2.37. The quantitative estimate of drug-likeness (QED) is 0.835. The lowest BCUT2D eigenvalue weighted by Gasteiger charge is -2.01. The number of aromatic nitrogens is 2. The van der Waals surface area contributed by atoms with Gasteiger partial charge in [-0.1, -0.05) is 0 Å². The van der Waals surface area contributed by atoms with Crippen molar-refractivity contribution in [2.75, 3.05) is 6.54 Å². The van der Waals surface area contributed by atoms with Crippen molar-refractivity contribution in [1.29, 1.82) is 0 Å². The van der Waals surface area contributed by atoms with Crippen LogP contribution in [0.2, 0.25) is 0 Å². The Balaban J connectivity index is 2.04. The van der Waals surface area contributed by atoms with Gasteiger partial charge in [-0.2, -0.15) is 0 Å². The maximum absolute atomic E-state index is 11.8. The molecule has 0 amide bonds. The minimum Gasteiger partial charge on any atom is -0.331 e. The minimum atomic E-state index is 0.0954. The monoisotopic (exact) mass is 243 g/mol. The molecule has 1 aromatic heterocycles. The van der Waals surface area contributed by atoms with Crippen molar-refractivity contribution in [2.45, 2.75) is 25.2 Å². The van der Waals surface area contributed by atoms with Crippen LogP contribution in [0, 0.1) is 0 Å². The van der Waals surface area contributed by atoms with Crippen LogP contribution in [0.25, 0.3) is 11.0 Å². The number of nitrogens with zero attached hydrogens (tertiary/aromatic N) is 2. The van der Waals surface area contributed by atoms with Crippen molar-refractivity contribution in [3.63, 3.8) is 0 Å². The lowest BCUT2D eigenvalue weighted by Crippen LogP contribution is -2.07. The van der Waals surface area contributed by atoms with Crippen LogP contribution in [0.5, 0.6) is 0 Å². The summed E-state index contributed by atoms with van der Waals surface area (Å²) in [5.41, 5.74) is 8.15. The zero-order chi connectivity index (χ0) is 12.7. The lowest BCUT2D eigenvalue weighted by atomic mass is 10.1. The fourth-order valence-electron chi connectivity index (χ4n) is 2.37. The van der Waals surface area contributed by atoms with Crippen molar-refractivity contribution >= 4 is 16.8 Å². The van der Waals surface area contributed by atoms with Gasteiger partial charge in [0.15, 0.2) is 5.78 Å². The maximum Gasteiger partial charge on any atom is 0.164 e. The van der Waals surface area contributed by atoms with E-state index in [4.69, 9.17) is 5.73 Å². The number of nitrogens with two attached hydrogens (primary N) is 1. The molecule has 0 bridgehead atoms. The van der Waals surface area contributed by atoms with Crippen LogP contribution in [0.3, 0.4) is 0 Å². The first-order valence-electron chi connectivity index (χ1n) is 6.40. The average Bonchev–Trinajstić information content (AvgIpc) is 3.15. The summed E-state index contributed by atoms with van der Waals surface area (Å²) in [4.78, 5) is 16.5. The van der Waals surface area contributed by atoms with Crippen LogP contribution in [0.15, 0.2) is 18.2 Å². The molecule has 18 heavy (non-hydrogen) atoms. The molecule has 1 saturated carbocycles. The van der Waals surface area contributed by atoms with E-state index in [1.54, 1.807) is 0 Å². The van der Waals surface area contributed by atoms with E-state index >= 15 is 0 Å². The molecule has 0 aliphatic heterocycles. The Kier molecular flexibility index (Phi) is 2.67. The minimum absolute atomic E-state index is 0.0954. The van der Waals surface area contributed by atoms with E-state index < -0.39 is 0 Å². The van der Waals surface area contributed by atoms with Gasteiger partial charge in [0.2, 0.25) is 0 Å². The van der Waals surface area contributed by atoms with Gasteiger partial charge in [-0.05, 0) is 37.6 Å². The Morgan fingerprint density at radius 3 is 2.94 bits per heavy atom. The molecule has 1 aromatic carbocycles. The summed E-state index contributed by atoms with van der Waals surface area (Å²) >= 11 is 0. The second-order valence-electron chi connectivity index (χ2n) is 4.97. The molecule has 2 N–H and O–H groups in total. The van der Waals surface area contributed by atoms with Gasteiger partial charge < -0.3 is 10.3 Å². The predicted molar refractivity (Wildman–Crippen MR) is 70.7 cm³/mol. The van der Waals surface area contributed by atoms with E-state index in [0.29, 0.717) is 24.4 Å². The third-order valence-electron chi connectivity index (χ3n) is 3.55. The highest BCUT2D eigenvalue weighted by Crippen LogP contribution is 2.40. The molecule has 0 atom stereocenters. The van der Waals surface area contributed by atoms with Crippen LogP contribution in [0.4, 0.5) is 0 Å². The predicted octanol–water partition coefficient (Wildman–Crippen LogP) is 1.98. The number of fused-ring (bicyclic) bond motifs is 1. The first-order chi connectivity index (χ1) is 8.70. The standard InChI is InChI=1S/C14H17N3O/c1-17-12-5-4-10(13(18)6-7-15)8-11(12)16-14(17)9-2-3-9/h4-5,8-9H,2-3,6-7,15H2,1H3. The third-order valence-corrected chi connectivity index (χ3v) is 3.55. The van der Waals surface area contributed by atoms with E-state index in [1.165, 1.54) is 12.8 Å². The van der Waals surface area contributed by atoms with E-state index in [2.05, 4.69) is 9.55 Å². The number of Topliss-reactive ketones (excluding diaryl/α,β-unsaturated/α-hetero) is 1. The van der Waals surface area contributed by atoms with Crippen LogP contribution in [0.1, 0.15) is 41.4 Å². The Bertz CT molecular complexity index is 611. The SMILES string of the molecule is Cn1c(C2CC2)nc2cc(C(=O)CCN)ccc21. The van der Waals surface area contributed by atoms with Gasteiger partial charge in [-0.15, -0.1) is 0 Å². The van der Waals surface area contributed by atoms with Gasteiger partial charge in [0.1, 0.15) is 5.82 Å². The smallest absolute Gasteiger partial charge is 0.164 e. The summed E-state index contributed by atoms with van der Waals surface area (Å²) < 4.78 is 2.14. The second-order valence-corrected chi connectivity index (χ2v) is 4.97. The van der Waals surface area contributed by atoms with Crippen molar-refractivity contribution in [2.24, 2.45) is 12.8 Å². The zero-order valence-electron chi connectivity index (χ0n) is 10.5. The molecule has 4 nitrogen and oxygen atoms in total. The molecule has 1 heterocycles. The molecule has 0 radical (unpaired) electrons. The molecule has 3 rings (SSSR count). The Labute approximate surface area is 106 Å². The van der Waals surface area contributed by atoms with Gasteiger partial charge in [-0.3, -0.25) is 4.79 Å². The van der Waals surface area contributed by atoms with Gasteiger partial charge in [0.05, 0.1) is 11.0 Å². The van der Waals surface area contributed by atoms with Crippen LogP contribution in [-0.4, -0.2) is 21.9 Å². The van der Waals surface area contributed by atoms with E-state index in [9.17, 15) is 4.79 Å². The molecular weight excluding hydrogens is 226 g/mol. The highest BCUT2D eigenvalue weighted by molar-refractivity contribution is 5.99. The number of benzene rings is 1. The topological polar surface area (TPSA) is 60.9 Å². The van der Waals surface area contributed by atoms with Crippen molar-refractivity contribution in [3.8, 4) is 0 Å². The highest BCUT2D eigenvalue weighted by Gasteiger charge is 2.28. The van der Waals surface area contributed by atoms with E-state index in [-0.39, 0.29) is 5.78 Å². The summed E-state index contributed by atoms with van der Waals surface area (Å²) in [5.74, 6) is 1.86. The first kappa shape index (κ1) is 11.4. The van der Waals surface area contributed by atoms with Gasteiger partial charge in [0, 0.05) is 24.9 Å². The number of carbonyl (C=O) groups is 1. The fraction of sp³-hybridized carbons (Fsp3) is 0.429. The molecule has 1 aliphatic carbocycles. The zero-order valence-corrected chi connectivity index (χ0v) is 10.5. The molecule has 94 valence electrons. The number of aryl methyl sites for hydroxylation is 1. The summed E-state index contributed by atoms with van der Waals surface area (Å²) in [5, 5.41) is 0. The summed E-state index contributed by atoms with van der Waals surface area (Å²) in [6.45, 7) is 0.395. The average molecular weight is 243 g/mol. The number of hydrogen-bond acceptors (Lipinski definition) is 3. The van der Waals surface area contributed by atoms with Gasteiger partial charge >= 0.3 is 0 Å². The third kappa shape index (κ3) is 1.82. The molecule has 0 unspecified atom stereocenters. The number of imidazole rings is 1. The molecule has 0 spiro atoms. The number of ketones is 1. The lowest BCUT2D eigenvalue weighted by molar-refractivity contribution is 0.0985. The summed E-state index contributed by atoms with van der Waals surface area (Å²) in [6, 6.07) is 5.75. The Hall–Kier alpha value is -1.68.